The van der Waals surface area contributed by atoms with E-state index in [9.17, 15) is 9.18 Å². The number of aryl methyl sites for hydroxylation is 3. The topological polar surface area (TPSA) is 41.1 Å². The molecule has 2 rings (SSSR count). The van der Waals surface area contributed by atoms with Crippen LogP contribution in [-0.2, 0) is 11.2 Å². The van der Waals surface area contributed by atoms with Gasteiger partial charge in [-0.1, -0.05) is 29.8 Å². The van der Waals surface area contributed by atoms with Crippen molar-refractivity contribution >= 4 is 11.6 Å². The van der Waals surface area contributed by atoms with Gasteiger partial charge in [0.2, 0.25) is 5.91 Å². The van der Waals surface area contributed by atoms with Gasteiger partial charge < -0.3 is 10.6 Å². The number of hydrogen-bond donors (Lipinski definition) is 2. The summed E-state index contributed by atoms with van der Waals surface area (Å²) in [4.78, 5) is 12.0. The Morgan fingerprint density at radius 2 is 1.65 bits per heavy atom. The van der Waals surface area contributed by atoms with E-state index in [-0.39, 0.29) is 18.3 Å². The van der Waals surface area contributed by atoms with Gasteiger partial charge in [0.15, 0.2) is 0 Å². The van der Waals surface area contributed by atoms with Gasteiger partial charge in [-0.05, 0) is 62.6 Å². The normalized spacial score (nSPS) is 10.6. The highest BCUT2D eigenvalue weighted by atomic mass is 19.1. The molecule has 0 aromatic heterocycles. The molecule has 2 N–H and O–H groups in total. The van der Waals surface area contributed by atoms with Crippen molar-refractivity contribution in [3.05, 3.63) is 64.5 Å². The summed E-state index contributed by atoms with van der Waals surface area (Å²) in [6, 6.07) is 10.5. The summed E-state index contributed by atoms with van der Waals surface area (Å²) >= 11 is 0. The van der Waals surface area contributed by atoms with Gasteiger partial charge in [0.1, 0.15) is 5.82 Å². The standard InChI is InChI=1S/C19H23FN2O/c1-13-10-14(2)19(15(3)11-13)22-18(23)12-21-9-8-16-4-6-17(20)7-5-16/h4-7,10-11,21H,8-9,12H2,1-3H3,(H,22,23). The molecule has 122 valence electrons. The molecule has 2 aromatic carbocycles. The van der Waals surface area contributed by atoms with Crippen LogP contribution in [0.3, 0.4) is 0 Å². The van der Waals surface area contributed by atoms with Crippen molar-refractivity contribution in [1.29, 1.82) is 0 Å². The lowest BCUT2D eigenvalue weighted by Gasteiger charge is -2.13. The van der Waals surface area contributed by atoms with Crippen molar-refractivity contribution < 1.29 is 9.18 Å². The Bertz CT molecular complexity index is 657. The van der Waals surface area contributed by atoms with E-state index in [1.54, 1.807) is 12.1 Å². The van der Waals surface area contributed by atoms with E-state index in [2.05, 4.69) is 22.8 Å². The van der Waals surface area contributed by atoms with E-state index in [4.69, 9.17) is 0 Å². The Morgan fingerprint density at radius 1 is 1.04 bits per heavy atom. The molecule has 0 saturated heterocycles. The summed E-state index contributed by atoms with van der Waals surface area (Å²) in [6.07, 6.45) is 0.760. The van der Waals surface area contributed by atoms with Crippen LogP contribution in [0.25, 0.3) is 0 Å². The fraction of sp³-hybridized carbons (Fsp3) is 0.316. The Balaban J connectivity index is 1.78. The minimum absolute atomic E-state index is 0.0563. The predicted molar refractivity (Wildman–Crippen MR) is 92.3 cm³/mol. The van der Waals surface area contributed by atoms with Crippen LogP contribution in [0.5, 0.6) is 0 Å². The summed E-state index contributed by atoms with van der Waals surface area (Å²) < 4.78 is 12.8. The second-order valence-corrected chi connectivity index (χ2v) is 5.88. The molecule has 0 aliphatic rings. The molecule has 0 aliphatic heterocycles. The third kappa shape index (κ3) is 5.18. The predicted octanol–water partition coefficient (Wildman–Crippen LogP) is 3.52. The van der Waals surface area contributed by atoms with Gasteiger partial charge in [0.05, 0.1) is 6.54 Å². The fourth-order valence-corrected chi connectivity index (χ4v) is 2.65. The van der Waals surface area contributed by atoms with E-state index in [0.717, 1.165) is 28.8 Å². The first-order valence-corrected chi connectivity index (χ1v) is 7.78. The third-order valence-electron chi connectivity index (χ3n) is 3.73. The molecular formula is C19H23FN2O. The maximum Gasteiger partial charge on any atom is 0.238 e. The van der Waals surface area contributed by atoms with E-state index in [0.29, 0.717) is 6.54 Å². The lowest BCUT2D eigenvalue weighted by Crippen LogP contribution is -2.30. The maximum absolute atomic E-state index is 12.8. The van der Waals surface area contributed by atoms with Gasteiger partial charge in [-0.3, -0.25) is 4.79 Å². The molecule has 0 bridgehead atoms. The molecule has 0 atom stereocenters. The fourth-order valence-electron chi connectivity index (χ4n) is 2.65. The van der Waals surface area contributed by atoms with Gasteiger partial charge in [0.25, 0.3) is 0 Å². The molecule has 0 saturated carbocycles. The van der Waals surface area contributed by atoms with Crippen molar-refractivity contribution in [1.82, 2.24) is 5.32 Å². The van der Waals surface area contributed by atoms with E-state index in [1.807, 2.05) is 20.8 Å². The lowest BCUT2D eigenvalue weighted by atomic mass is 10.1. The Kier molecular flexibility index (Phi) is 5.88. The van der Waals surface area contributed by atoms with Crippen molar-refractivity contribution in [3.63, 3.8) is 0 Å². The monoisotopic (exact) mass is 314 g/mol. The van der Waals surface area contributed by atoms with Crippen LogP contribution in [0.2, 0.25) is 0 Å². The highest BCUT2D eigenvalue weighted by molar-refractivity contribution is 5.93. The van der Waals surface area contributed by atoms with Crippen LogP contribution in [0.4, 0.5) is 10.1 Å². The number of hydrogen-bond acceptors (Lipinski definition) is 2. The molecule has 0 unspecified atom stereocenters. The number of anilines is 1. The van der Waals surface area contributed by atoms with E-state index < -0.39 is 0 Å². The SMILES string of the molecule is Cc1cc(C)c(NC(=O)CNCCc2ccc(F)cc2)c(C)c1. The summed E-state index contributed by atoms with van der Waals surface area (Å²) in [7, 11) is 0. The first kappa shape index (κ1) is 17.2. The molecule has 0 radical (unpaired) electrons. The van der Waals surface area contributed by atoms with Crippen LogP contribution >= 0.6 is 0 Å². The average Bonchev–Trinajstić information content (AvgIpc) is 2.49. The zero-order chi connectivity index (χ0) is 16.8. The average molecular weight is 314 g/mol. The summed E-state index contributed by atoms with van der Waals surface area (Å²) in [6.45, 7) is 6.97. The second-order valence-electron chi connectivity index (χ2n) is 5.88. The van der Waals surface area contributed by atoms with Crippen molar-refractivity contribution in [3.8, 4) is 0 Å². The molecule has 0 fully saturated rings. The number of amides is 1. The highest BCUT2D eigenvalue weighted by Gasteiger charge is 2.07. The van der Waals surface area contributed by atoms with Crippen LogP contribution in [0.15, 0.2) is 36.4 Å². The smallest absolute Gasteiger partial charge is 0.238 e. The first-order chi connectivity index (χ1) is 11.0. The summed E-state index contributed by atoms with van der Waals surface area (Å²) in [5.41, 5.74) is 5.27. The number of halogens is 1. The molecule has 0 aliphatic carbocycles. The number of carbonyl (C=O) groups excluding carboxylic acids is 1. The molecule has 0 heterocycles. The van der Waals surface area contributed by atoms with Gasteiger partial charge in [-0.15, -0.1) is 0 Å². The highest BCUT2D eigenvalue weighted by Crippen LogP contribution is 2.21. The third-order valence-corrected chi connectivity index (χ3v) is 3.73. The minimum atomic E-state index is -0.232. The molecule has 2 aromatic rings. The minimum Gasteiger partial charge on any atom is -0.324 e. The number of carbonyl (C=O) groups is 1. The largest absolute Gasteiger partial charge is 0.324 e. The van der Waals surface area contributed by atoms with Gasteiger partial charge in [-0.25, -0.2) is 4.39 Å². The van der Waals surface area contributed by atoms with Crippen LogP contribution in [0, 0.1) is 26.6 Å². The van der Waals surface area contributed by atoms with E-state index >= 15 is 0 Å². The van der Waals surface area contributed by atoms with Crippen LogP contribution < -0.4 is 10.6 Å². The molecule has 23 heavy (non-hydrogen) atoms. The first-order valence-electron chi connectivity index (χ1n) is 7.78. The summed E-state index contributed by atoms with van der Waals surface area (Å²) in [5, 5.41) is 6.07. The maximum atomic E-state index is 12.8. The van der Waals surface area contributed by atoms with Crippen molar-refractivity contribution in [2.45, 2.75) is 27.2 Å². The van der Waals surface area contributed by atoms with Gasteiger partial charge in [0, 0.05) is 5.69 Å². The number of benzene rings is 2. The molecule has 0 spiro atoms. The summed E-state index contributed by atoms with van der Waals surface area (Å²) in [5.74, 6) is -0.288. The zero-order valence-corrected chi connectivity index (χ0v) is 13.9. The lowest BCUT2D eigenvalue weighted by molar-refractivity contribution is -0.115. The Labute approximate surface area is 136 Å². The van der Waals surface area contributed by atoms with E-state index in [1.165, 1.54) is 17.7 Å². The van der Waals surface area contributed by atoms with Gasteiger partial charge in [-0.2, -0.15) is 0 Å². The molecule has 1 amide bonds. The van der Waals surface area contributed by atoms with Crippen LogP contribution in [0.1, 0.15) is 22.3 Å². The quantitative estimate of drug-likeness (QED) is 0.801. The Hall–Kier alpha value is -2.20. The van der Waals surface area contributed by atoms with Gasteiger partial charge >= 0.3 is 0 Å². The molecule has 3 nitrogen and oxygen atoms in total. The molecular weight excluding hydrogens is 291 g/mol. The second kappa shape index (κ2) is 7.88. The number of nitrogens with one attached hydrogen (secondary N) is 2. The molecule has 4 heteroatoms. The number of rotatable bonds is 6. The van der Waals surface area contributed by atoms with Crippen LogP contribution in [-0.4, -0.2) is 19.0 Å². The zero-order valence-electron chi connectivity index (χ0n) is 13.9. The van der Waals surface area contributed by atoms with Crippen molar-refractivity contribution in [2.24, 2.45) is 0 Å². The van der Waals surface area contributed by atoms with Crippen molar-refractivity contribution in [2.75, 3.05) is 18.4 Å². The Morgan fingerprint density at radius 3 is 2.26 bits per heavy atom.